The first-order valence-electron chi connectivity index (χ1n) is 4.95. The van der Waals surface area contributed by atoms with Gasteiger partial charge < -0.3 is 10.4 Å². The molecule has 1 heterocycles. The summed E-state index contributed by atoms with van der Waals surface area (Å²) < 4.78 is 60.9. The Morgan fingerprint density at radius 1 is 1.40 bits per heavy atom. The van der Waals surface area contributed by atoms with Gasteiger partial charge in [0.15, 0.2) is 5.01 Å². The van der Waals surface area contributed by atoms with E-state index in [0.717, 1.165) is 5.38 Å². The second kappa shape index (κ2) is 6.11. The number of hydrogen-bond donors (Lipinski definition) is 2. The van der Waals surface area contributed by atoms with Crippen molar-refractivity contribution in [1.82, 2.24) is 10.3 Å². The molecule has 20 heavy (non-hydrogen) atoms. The van der Waals surface area contributed by atoms with E-state index in [2.05, 4.69) is 4.98 Å². The number of alkyl halides is 5. The molecule has 0 saturated carbocycles. The minimum absolute atomic E-state index is 0.142. The molecule has 0 bridgehead atoms. The molecule has 2 N–H and O–H groups in total. The first-order valence-corrected chi connectivity index (χ1v) is 5.83. The van der Waals surface area contributed by atoms with Gasteiger partial charge in [-0.25, -0.2) is 18.6 Å². The van der Waals surface area contributed by atoms with Crippen LogP contribution in [-0.2, 0) is 11.0 Å². The topological polar surface area (TPSA) is 79.3 Å². The van der Waals surface area contributed by atoms with Gasteiger partial charge >= 0.3 is 12.1 Å². The normalized spacial score (nSPS) is 13.3. The number of carboxylic acid groups (broad SMARTS) is 1. The Bertz CT molecular complexity index is 502. The number of nitrogens with one attached hydrogen (secondary N) is 1. The zero-order valence-corrected chi connectivity index (χ0v) is 10.3. The third-order valence-corrected chi connectivity index (χ3v) is 2.88. The largest absolute Gasteiger partial charge is 0.480 e. The first kappa shape index (κ1) is 16.3. The molecule has 1 amide bonds. The minimum Gasteiger partial charge on any atom is -0.480 e. The van der Waals surface area contributed by atoms with E-state index >= 15 is 0 Å². The first-order chi connectivity index (χ1) is 9.11. The number of aliphatic carboxylic acids is 1. The lowest BCUT2D eigenvalue weighted by atomic mass is 10.2. The smallest absolute Gasteiger partial charge is 0.443 e. The molecule has 0 saturated heterocycles. The van der Waals surface area contributed by atoms with Crippen LogP contribution in [0.15, 0.2) is 5.38 Å². The highest BCUT2D eigenvalue weighted by Gasteiger charge is 2.35. The van der Waals surface area contributed by atoms with Gasteiger partial charge in [-0.2, -0.15) is 13.2 Å². The molecule has 1 aromatic heterocycles. The lowest BCUT2D eigenvalue weighted by Crippen LogP contribution is -2.42. The highest BCUT2D eigenvalue weighted by Crippen LogP contribution is 2.31. The van der Waals surface area contributed by atoms with Gasteiger partial charge in [0.1, 0.15) is 11.7 Å². The molecule has 1 rings (SSSR count). The summed E-state index contributed by atoms with van der Waals surface area (Å²) in [5.41, 5.74) is -0.678. The van der Waals surface area contributed by atoms with Crippen molar-refractivity contribution >= 4 is 23.2 Å². The van der Waals surface area contributed by atoms with E-state index in [1.807, 2.05) is 0 Å². The van der Waals surface area contributed by atoms with Crippen LogP contribution in [0.2, 0.25) is 0 Å². The summed E-state index contributed by atoms with van der Waals surface area (Å²) in [6.45, 7) is 0. The number of amides is 1. The molecule has 0 aliphatic rings. The van der Waals surface area contributed by atoms with Crippen molar-refractivity contribution in [2.24, 2.45) is 0 Å². The Morgan fingerprint density at radius 2 is 2.00 bits per heavy atom. The molecular formula is C9H7F5N2O3S. The zero-order chi connectivity index (χ0) is 15.5. The number of thiazole rings is 1. The summed E-state index contributed by atoms with van der Waals surface area (Å²) in [5, 5.41) is 9.77. The molecular weight excluding hydrogens is 311 g/mol. The molecule has 0 aromatic carbocycles. The fraction of sp³-hybridized carbons (Fsp3) is 0.444. The predicted molar refractivity (Wildman–Crippen MR) is 56.6 cm³/mol. The van der Waals surface area contributed by atoms with E-state index in [-0.39, 0.29) is 11.3 Å². The van der Waals surface area contributed by atoms with Gasteiger partial charge in [-0.1, -0.05) is 0 Å². The van der Waals surface area contributed by atoms with E-state index in [4.69, 9.17) is 5.11 Å². The predicted octanol–water partition coefficient (Wildman–Crippen LogP) is 2.00. The van der Waals surface area contributed by atoms with E-state index in [9.17, 15) is 31.5 Å². The van der Waals surface area contributed by atoms with Crippen molar-refractivity contribution in [3.8, 4) is 0 Å². The van der Waals surface area contributed by atoms with Crippen LogP contribution in [0.1, 0.15) is 21.9 Å². The maximum absolute atomic E-state index is 12.3. The van der Waals surface area contributed by atoms with Gasteiger partial charge in [0.05, 0.1) is 0 Å². The summed E-state index contributed by atoms with van der Waals surface area (Å²) in [4.78, 5) is 25.0. The SMILES string of the molecule is O=C(NC(CC(F)F)C(=O)O)c1csc(C(F)(F)F)n1. The Balaban J connectivity index is 2.79. The number of carbonyl (C=O) groups is 2. The molecule has 5 nitrogen and oxygen atoms in total. The van der Waals surface area contributed by atoms with Crippen molar-refractivity contribution in [1.29, 1.82) is 0 Å². The number of carbonyl (C=O) groups excluding carboxylic acids is 1. The third-order valence-electron chi connectivity index (χ3n) is 2.00. The van der Waals surface area contributed by atoms with Gasteiger partial charge in [0.2, 0.25) is 6.43 Å². The van der Waals surface area contributed by atoms with Crippen LogP contribution in [0.25, 0.3) is 0 Å². The lowest BCUT2D eigenvalue weighted by molar-refractivity contribution is -0.140. The van der Waals surface area contributed by atoms with Crippen molar-refractivity contribution in [2.45, 2.75) is 25.1 Å². The van der Waals surface area contributed by atoms with Gasteiger partial charge in [-0.05, 0) is 0 Å². The van der Waals surface area contributed by atoms with Crippen LogP contribution in [-0.4, -0.2) is 34.4 Å². The average molecular weight is 318 g/mol. The Kier molecular flexibility index (Phi) is 4.98. The second-order valence-electron chi connectivity index (χ2n) is 3.53. The Labute approximate surface area is 112 Å². The second-order valence-corrected chi connectivity index (χ2v) is 4.38. The van der Waals surface area contributed by atoms with Crippen LogP contribution < -0.4 is 5.32 Å². The summed E-state index contributed by atoms with van der Waals surface area (Å²) >= 11 is 0.142. The molecule has 1 aromatic rings. The minimum atomic E-state index is -4.74. The summed E-state index contributed by atoms with van der Waals surface area (Å²) in [6.07, 6.45) is -8.88. The maximum Gasteiger partial charge on any atom is 0.443 e. The number of hydrogen-bond acceptors (Lipinski definition) is 4. The van der Waals surface area contributed by atoms with Gasteiger partial charge in [-0.3, -0.25) is 4.79 Å². The number of nitrogens with zero attached hydrogens (tertiary/aromatic N) is 1. The van der Waals surface area contributed by atoms with Crippen molar-refractivity contribution in [3.63, 3.8) is 0 Å². The monoisotopic (exact) mass is 318 g/mol. The molecule has 0 spiro atoms. The molecule has 0 radical (unpaired) electrons. The lowest BCUT2D eigenvalue weighted by Gasteiger charge is -2.12. The van der Waals surface area contributed by atoms with Crippen molar-refractivity contribution < 1.29 is 36.6 Å². The van der Waals surface area contributed by atoms with Crippen LogP contribution in [0, 0.1) is 0 Å². The van der Waals surface area contributed by atoms with Gasteiger partial charge in [0, 0.05) is 11.8 Å². The molecule has 11 heteroatoms. The van der Waals surface area contributed by atoms with E-state index in [1.54, 1.807) is 5.32 Å². The number of aromatic nitrogens is 1. The molecule has 0 aliphatic heterocycles. The van der Waals surface area contributed by atoms with Crippen LogP contribution >= 0.6 is 11.3 Å². The standard InChI is InChI=1S/C9H7F5N2O3S/c10-5(11)1-3(7(18)19)15-6(17)4-2-20-8(16-4)9(12,13)14/h2-3,5H,1H2,(H,15,17)(H,18,19). The number of rotatable bonds is 5. The van der Waals surface area contributed by atoms with E-state index < -0.39 is 47.6 Å². The Hall–Kier alpha value is -1.78. The summed E-state index contributed by atoms with van der Waals surface area (Å²) in [6, 6.07) is -1.90. The quantitative estimate of drug-likeness (QED) is 0.814. The fourth-order valence-electron chi connectivity index (χ4n) is 1.14. The highest BCUT2D eigenvalue weighted by atomic mass is 32.1. The number of carboxylic acids is 1. The van der Waals surface area contributed by atoms with Crippen LogP contribution in [0.3, 0.4) is 0 Å². The maximum atomic E-state index is 12.3. The zero-order valence-electron chi connectivity index (χ0n) is 9.45. The molecule has 1 unspecified atom stereocenters. The molecule has 112 valence electrons. The molecule has 1 atom stereocenters. The van der Waals surface area contributed by atoms with Crippen LogP contribution in [0.5, 0.6) is 0 Å². The van der Waals surface area contributed by atoms with Crippen LogP contribution in [0.4, 0.5) is 22.0 Å². The van der Waals surface area contributed by atoms with Crippen molar-refractivity contribution in [3.05, 3.63) is 16.1 Å². The van der Waals surface area contributed by atoms with Crippen molar-refractivity contribution in [2.75, 3.05) is 0 Å². The number of halogens is 5. The highest BCUT2D eigenvalue weighted by molar-refractivity contribution is 7.09. The molecule has 0 aliphatic carbocycles. The summed E-state index contributed by atoms with van der Waals surface area (Å²) in [5.74, 6) is -2.98. The van der Waals surface area contributed by atoms with Gasteiger partial charge in [-0.15, -0.1) is 11.3 Å². The van der Waals surface area contributed by atoms with Gasteiger partial charge in [0.25, 0.3) is 5.91 Å². The van der Waals surface area contributed by atoms with E-state index in [1.165, 1.54) is 0 Å². The van der Waals surface area contributed by atoms with E-state index in [0.29, 0.717) is 0 Å². The third kappa shape index (κ3) is 4.40. The molecule has 0 fully saturated rings. The Morgan fingerprint density at radius 3 is 2.40 bits per heavy atom. The summed E-state index contributed by atoms with van der Waals surface area (Å²) in [7, 11) is 0. The fourth-order valence-corrected chi connectivity index (χ4v) is 1.81. The average Bonchev–Trinajstić information content (AvgIpc) is 2.75.